The Labute approximate surface area is 104 Å². The number of anilines is 1. The van der Waals surface area contributed by atoms with E-state index in [1.807, 2.05) is 17.0 Å². The van der Waals surface area contributed by atoms with Crippen LogP contribution in [-0.4, -0.2) is 12.5 Å². The Kier molecular flexibility index (Phi) is 3.82. The van der Waals surface area contributed by atoms with Crippen LogP contribution in [0.5, 0.6) is 0 Å². The molecule has 0 aromatic heterocycles. The molecule has 0 spiro atoms. The summed E-state index contributed by atoms with van der Waals surface area (Å²) in [5, 5.41) is 0. The van der Waals surface area contributed by atoms with Gasteiger partial charge in [0.15, 0.2) is 0 Å². The second-order valence-electron chi connectivity index (χ2n) is 4.90. The normalized spacial score (nSPS) is 16.1. The predicted molar refractivity (Wildman–Crippen MR) is 71.2 cm³/mol. The summed E-state index contributed by atoms with van der Waals surface area (Å²) in [5.41, 5.74) is 2.25. The average Bonchev–Trinajstić information content (AvgIpc) is 2.83. The van der Waals surface area contributed by atoms with E-state index in [4.69, 9.17) is 0 Å². The third kappa shape index (κ3) is 2.68. The third-order valence-electron chi connectivity index (χ3n) is 3.60. The van der Waals surface area contributed by atoms with Crippen molar-refractivity contribution in [2.24, 2.45) is 5.92 Å². The molecule has 1 aliphatic rings. The molecule has 0 bridgehead atoms. The fourth-order valence-corrected chi connectivity index (χ4v) is 2.65. The molecule has 0 heterocycles. The molecular weight excluding hydrogens is 210 g/mol. The summed E-state index contributed by atoms with van der Waals surface area (Å²) in [7, 11) is 0. The lowest BCUT2D eigenvalue weighted by molar-refractivity contribution is -0.122. The zero-order valence-corrected chi connectivity index (χ0v) is 10.8. The van der Waals surface area contributed by atoms with Crippen molar-refractivity contribution in [3.05, 3.63) is 29.8 Å². The molecule has 1 saturated carbocycles. The number of carbonyl (C=O) groups excluding carboxylic acids is 1. The van der Waals surface area contributed by atoms with Gasteiger partial charge in [-0.1, -0.05) is 25.0 Å². The number of carbonyl (C=O) groups is 1. The fourth-order valence-electron chi connectivity index (χ4n) is 2.65. The summed E-state index contributed by atoms with van der Waals surface area (Å²) in [6.45, 7) is 4.88. The summed E-state index contributed by atoms with van der Waals surface area (Å²) in [6, 6.07) is 8.21. The SMILES string of the molecule is CCN(C(=O)C1CCCC1)c1cccc(C)c1. The smallest absolute Gasteiger partial charge is 0.230 e. The van der Waals surface area contributed by atoms with Crippen LogP contribution < -0.4 is 4.90 Å². The topological polar surface area (TPSA) is 20.3 Å². The zero-order valence-electron chi connectivity index (χ0n) is 10.8. The number of benzene rings is 1. The molecule has 0 saturated heterocycles. The first kappa shape index (κ1) is 12.2. The van der Waals surface area contributed by atoms with Crippen molar-refractivity contribution in [1.82, 2.24) is 0 Å². The Morgan fingerprint density at radius 1 is 1.35 bits per heavy atom. The molecule has 0 unspecified atom stereocenters. The van der Waals surface area contributed by atoms with E-state index < -0.39 is 0 Å². The molecular formula is C15H21NO. The maximum atomic E-state index is 12.4. The van der Waals surface area contributed by atoms with Crippen molar-refractivity contribution in [1.29, 1.82) is 0 Å². The average molecular weight is 231 g/mol. The van der Waals surface area contributed by atoms with Crippen LogP contribution >= 0.6 is 0 Å². The molecule has 92 valence electrons. The molecule has 0 radical (unpaired) electrons. The van der Waals surface area contributed by atoms with Crippen LogP contribution in [0.1, 0.15) is 38.2 Å². The number of nitrogens with zero attached hydrogens (tertiary/aromatic N) is 1. The lowest BCUT2D eigenvalue weighted by Gasteiger charge is -2.24. The first-order chi connectivity index (χ1) is 8.22. The minimum Gasteiger partial charge on any atom is -0.312 e. The predicted octanol–water partition coefficient (Wildman–Crippen LogP) is 3.54. The Morgan fingerprint density at radius 2 is 2.06 bits per heavy atom. The summed E-state index contributed by atoms with van der Waals surface area (Å²) in [4.78, 5) is 14.3. The van der Waals surface area contributed by atoms with Crippen LogP contribution in [0.4, 0.5) is 5.69 Å². The third-order valence-corrected chi connectivity index (χ3v) is 3.60. The molecule has 1 fully saturated rings. The standard InChI is InChI=1S/C15H21NO/c1-3-16(14-10-6-7-12(2)11-14)15(17)13-8-4-5-9-13/h6-7,10-11,13H,3-5,8-9H2,1-2H3. The first-order valence-electron chi connectivity index (χ1n) is 6.60. The van der Waals surface area contributed by atoms with Crippen molar-refractivity contribution >= 4 is 11.6 Å². The van der Waals surface area contributed by atoms with Crippen molar-refractivity contribution in [2.45, 2.75) is 39.5 Å². The van der Waals surface area contributed by atoms with Gasteiger partial charge in [0.05, 0.1) is 0 Å². The highest BCUT2D eigenvalue weighted by Crippen LogP contribution is 2.28. The first-order valence-corrected chi connectivity index (χ1v) is 6.60. The van der Waals surface area contributed by atoms with E-state index in [1.54, 1.807) is 0 Å². The lowest BCUT2D eigenvalue weighted by Crippen LogP contribution is -2.35. The van der Waals surface area contributed by atoms with Gasteiger partial charge in [-0.15, -0.1) is 0 Å². The second kappa shape index (κ2) is 5.35. The van der Waals surface area contributed by atoms with Gasteiger partial charge in [0.1, 0.15) is 0 Å². The van der Waals surface area contributed by atoms with Crippen LogP contribution in [0.15, 0.2) is 24.3 Å². The summed E-state index contributed by atoms with van der Waals surface area (Å²) >= 11 is 0. The quantitative estimate of drug-likeness (QED) is 0.779. The van der Waals surface area contributed by atoms with Gasteiger partial charge in [0.2, 0.25) is 5.91 Å². The Hall–Kier alpha value is -1.31. The van der Waals surface area contributed by atoms with Gasteiger partial charge >= 0.3 is 0 Å². The van der Waals surface area contributed by atoms with Gasteiger partial charge in [-0.05, 0) is 44.4 Å². The van der Waals surface area contributed by atoms with Crippen LogP contribution in [0.3, 0.4) is 0 Å². The Balaban J connectivity index is 2.17. The van der Waals surface area contributed by atoms with Gasteiger partial charge in [-0.25, -0.2) is 0 Å². The Bertz CT molecular complexity index is 394. The molecule has 1 aliphatic carbocycles. The second-order valence-corrected chi connectivity index (χ2v) is 4.90. The van der Waals surface area contributed by atoms with Crippen molar-refractivity contribution < 1.29 is 4.79 Å². The highest BCUT2D eigenvalue weighted by atomic mass is 16.2. The van der Waals surface area contributed by atoms with Crippen LogP contribution in [-0.2, 0) is 4.79 Å². The number of hydrogen-bond acceptors (Lipinski definition) is 1. The van der Waals surface area contributed by atoms with Crippen molar-refractivity contribution in [3.63, 3.8) is 0 Å². The number of aryl methyl sites for hydroxylation is 1. The number of amides is 1. The summed E-state index contributed by atoms with van der Waals surface area (Å²) in [6.07, 6.45) is 4.56. The number of rotatable bonds is 3. The van der Waals surface area contributed by atoms with Crippen molar-refractivity contribution in [3.8, 4) is 0 Å². The van der Waals surface area contributed by atoms with E-state index in [1.165, 1.54) is 18.4 Å². The van der Waals surface area contributed by atoms with Gasteiger partial charge in [0.25, 0.3) is 0 Å². The number of hydrogen-bond donors (Lipinski definition) is 0. The van der Waals surface area contributed by atoms with E-state index >= 15 is 0 Å². The molecule has 1 amide bonds. The monoisotopic (exact) mass is 231 g/mol. The highest BCUT2D eigenvalue weighted by Gasteiger charge is 2.27. The molecule has 2 heteroatoms. The molecule has 0 N–H and O–H groups in total. The lowest BCUT2D eigenvalue weighted by atomic mass is 10.1. The van der Waals surface area contributed by atoms with E-state index in [0.717, 1.165) is 25.1 Å². The fraction of sp³-hybridized carbons (Fsp3) is 0.533. The highest BCUT2D eigenvalue weighted by molar-refractivity contribution is 5.95. The van der Waals surface area contributed by atoms with Gasteiger partial charge in [-0.2, -0.15) is 0 Å². The molecule has 17 heavy (non-hydrogen) atoms. The van der Waals surface area contributed by atoms with E-state index in [2.05, 4.69) is 26.0 Å². The molecule has 2 nitrogen and oxygen atoms in total. The van der Waals surface area contributed by atoms with Crippen LogP contribution in [0.2, 0.25) is 0 Å². The largest absolute Gasteiger partial charge is 0.312 e. The molecule has 1 aromatic carbocycles. The zero-order chi connectivity index (χ0) is 12.3. The summed E-state index contributed by atoms with van der Waals surface area (Å²) in [5.74, 6) is 0.575. The minimum absolute atomic E-state index is 0.260. The van der Waals surface area contributed by atoms with Crippen LogP contribution in [0, 0.1) is 12.8 Å². The molecule has 0 aliphatic heterocycles. The van der Waals surface area contributed by atoms with Gasteiger partial charge < -0.3 is 4.90 Å². The van der Waals surface area contributed by atoms with Crippen molar-refractivity contribution in [2.75, 3.05) is 11.4 Å². The summed E-state index contributed by atoms with van der Waals surface area (Å²) < 4.78 is 0. The maximum absolute atomic E-state index is 12.4. The van der Waals surface area contributed by atoms with E-state index in [9.17, 15) is 4.79 Å². The maximum Gasteiger partial charge on any atom is 0.230 e. The molecule has 2 rings (SSSR count). The molecule has 0 atom stereocenters. The van der Waals surface area contributed by atoms with Gasteiger partial charge in [-0.3, -0.25) is 4.79 Å². The molecule has 1 aromatic rings. The minimum atomic E-state index is 0.260. The van der Waals surface area contributed by atoms with E-state index in [-0.39, 0.29) is 5.92 Å². The van der Waals surface area contributed by atoms with Gasteiger partial charge in [0, 0.05) is 18.2 Å². The van der Waals surface area contributed by atoms with E-state index in [0.29, 0.717) is 5.91 Å². The Morgan fingerprint density at radius 3 is 2.65 bits per heavy atom. The van der Waals surface area contributed by atoms with Crippen LogP contribution in [0.25, 0.3) is 0 Å².